The fourth-order valence-corrected chi connectivity index (χ4v) is 4.18. The second kappa shape index (κ2) is 8.85. The van der Waals surface area contributed by atoms with E-state index < -0.39 is 10.0 Å². The van der Waals surface area contributed by atoms with Crippen LogP contribution < -0.4 is 10.1 Å². The first-order valence-electron chi connectivity index (χ1n) is 9.62. The summed E-state index contributed by atoms with van der Waals surface area (Å²) in [6.07, 6.45) is 0.670. The molecular formula is C21H26N4O4S. The lowest BCUT2D eigenvalue weighted by atomic mass is 10.2. The number of hydrogen-bond donors (Lipinski definition) is 1. The third kappa shape index (κ3) is 4.31. The number of anilines is 1. The Morgan fingerprint density at radius 2 is 1.93 bits per heavy atom. The largest absolute Gasteiger partial charge is 0.495 e. The molecule has 0 saturated carbocycles. The van der Waals surface area contributed by atoms with E-state index in [9.17, 15) is 13.2 Å². The number of benzene rings is 2. The van der Waals surface area contributed by atoms with Gasteiger partial charge in [-0.2, -0.15) is 0 Å². The van der Waals surface area contributed by atoms with Crippen molar-refractivity contribution in [3.63, 3.8) is 0 Å². The number of sulfonamides is 1. The minimum atomic E-state index is -3.54. The number of ether oxygens (including phenoxy) is 1. The Morgan fingerprint density at radius 3 is 2.60 bits per heavy atom. The quantitative estimate of drug-likeness (QED) is 0.593. The molecule has 30 heavy (non-hydrogen) atoms. The molecule has 0 radical (unpaired) electrons. The van der Waals surface area contributed by atoms with Gasteiger partial charge in [0.15, 0.2) is 0 Å². The van der Waals surface area contributed by atoms with Gasteiger partial charge in [-0.25, -0.2) is 17.7 Å². The summed E-state index contributed by atoms with van der Waals surface area (Å²) in [5, 5.41) is 2.86. The molecule has 1 N–H and O–H groups in total. The Labute approximate surface area is 176 Å². The van der Waals surface area contributed by atoms with Gasteiger partial charge in [0.25, 0.3) is 0 Å². The van der Waals surface area contributed by atoms with Crippen molar-refractivity contribution >= 4 is 32.7 Å². The van der Waals surface area contributed by atoms with Gasteiger partial charge in [0, 0.05) is 33.5 Å². The van der Waals surface area contributed by atoms with E-state index in [0.29, 0.717) is 29.9 Å². The van der Waals surface area contributed by atoms with Crippen LogP contribution in [0, 0.1) is 0 Å². The van der Waals surface area contributed by atoms with E-state index in [1.807, 2.05) is 23.6 Å². The van der Waals surface area contributed by atoms with E-state index in [-0.39, 0.29) is 17.2 Å². The number of carbonyl (C=O) groups is 1. The summed E-state index contributed by atoms with van der Waals surface area (Å²) in [6.45, 7) is 2.66. The summed E-state index contributed by atoms with van der Waals surface area (Å²) in [4.78, 5) is 17.2. The summed E-state index contributed by atoms with van der Waals surface area (Å²) in [5.74, 6) is 1.19. The highest BCUT2D eigenvalue weighted by molar-refractivity contribution is 7.89. The van der Waals surface area contributed by atoms with Crippen LogP contribution in [-0.2, 0) is 27.8 Å². The molecule has 0 atom stereocenters. The standard InChI is InChI=1S/C21H26N4O4S/c1-5-25-18-11-10-15(30(27,28)24(2)3)14-17(18)22-20(25)12-13-21(26)23-16-8-6-7-9-19(16)29-4/h6-11,14H,5,12-13H2,1-4H3,(H,23,26). The number of nitrogens with zero attached hydrogens (tertiary/aromatic N) is 3. The summed E-state index contributed by atoms with van der Waals surface area (Å²) in [7, 11) is 1.01. The lowest BCUT2D eigenvalue weighted by Gasteiger charge is -2.11. The molecule has 0 fully saturated rings. The Kier molecular flexibility index (Phi) is 6.42. The van der Waals surface area contributed by atoms with Crippen molar-refractivity contribution in [2.45, 2.75) is 31.2 Å². The van der Waals surface area contributed by atoms with Gasteiger partial charge in [0.05, 0.1) is 28.7 Å². The predicted molar refractivity (Wildman–Crippen MR) is 116 cm³/mol. The Bertz CT molecular complexity index is 1170. The molecule has 0 aliphatic heterocycles. The SMILES string of the molecule is CCn1c(CCC(=O)Nc2ccccc2OC)nc2cc(S(=O)(=O)N(C)C)ccc21. The van der Waals surface area contributed by atoms with Gasteiger partial charge in [0.1, 0.15) is 11.6 Å². The fourth-order valence-electron chi connectivity index (χ4n) is 3.26. The summed E-state index contributed by atoms with van der Waals surface area (Å²) < 4.78 is 33.2. The first-order chi connectivity index (χ1) is 14.3. The van der Waals surface area contributed by atoms with Crippen molar-refractivity contribution in [3.8, 4) is 5.75 Å². The number of para-hydroxylation sites is 2. The van der Waals surface area contributed by atoms with E-state index in [0.717, 1.165) is 11.3 Å². The smallest absolute Gasteiger partial charge is 0.242 e. The van der Waals surface area contributed by atoms with E-state index in [1.165, 1.54) is 18.4 Å². The number of rotatable bonds is 8. The van der Waals surface area contributed by atoms with Gasteiger partial charge in [-0.05, 0) is 37.3 Å². The number of aromatic nitrogens is 2. The molecule has 0 saturated heterocycles. The van der Waals surface area contributed by atoms with E-state index in [1.54, 1.807) is 37.4 Å². The van der Waals surface area contributed by atoms with Crippen LogP contribution in [0.3, 0.4) is 0 Å². The second-order valence-corrected chi connectivity index (χ2v) is 9.11. The van der Waals surface area contributed by atoms with Crippen LogP contribution >= 0.6 is 0 Å². The van der Waals surface area contributed by atoms with E-state index >= 15 is 0 Å². The highest BCUT2D eigenvalue weighted by Gasteiger charge is 2.20. The zero-order valence-electron chi connectivity index (χ0n) is 17.5. The number of aryl methyl sites for hydroxylation is 2. The molecule has 9 heteroatoms. The maximum atomic E-state index is 12.4. The normalized spacial score (nSPS) is 11.8. The third-order valence-electron chi connectivity index (χ3n) is 4.85. The summed E-state index contributed by atoms with van der Waals surface area (Å²) in [5.41, 5.74) is 2.06. The molecule has 0 spiro atoms. The average Bonchev–Trinajstić information content (AvgIpc) is 3.09. The molecular weight excluding hydrogens is 404 g/mol. The van der Waals surface area contributed by atoms with Gasteiger partial charge in [0.2, 0.25) is 15.9 Å². The van der Waals surface area contributed by atoms with Gasteiger partial charge in [-0.1, -0.05) is 12.1 Å². The number of amides is 1. The van der Waals surface area contributed by atoms with Gasteiger partial charge < -0.3 is 14.6 Å². The van der Waals surface area contributed by atoms with E-state index in [2.05, 4.69) is 10.3 Å². The van der Waals surface area contributed by atoms with Crippen molar-refractivity contribution in [2.75, 3.05) is 26.5 Å². The number of fused-ring (bicyclic) bond motifs is 1. The molecule has 3 rings (SSSR count). The van der Waals surface area contributed by atoms with Crippen molar-refractivity contribution in [1.82, 2.24) is 13.9 Å². The molecule has 0 unspecified atom stereocenters. The predicted octanol–water partition coefficient (Wildman–Crippen LogP) is 2.89. The van der Waals surface area contributed by atoms with Gasteiger partial charge >= 0.3 is 0 Å². The maximum absolute atomic E-state index is 12.4. The topological polar surface area (TPSA) is 93.5 Å². The van der Waals surface area contributed by atoms with Crippen LogP contribution in [0.5, 0.6) is 5.75 Å². The summed E-state index contributed by atoms with van der Waals surface area (Å²) >= 11 is 0. The number of hydrogen-bond acceptors (Lipinski definition) is 5. The van der Waals surface area contributed by atoms with Crippen LogP contribution in [0.25, 0.3) is 11.0 Å². The monoisotopic (exact) mass is 430 g/mol. The van der Waals surface area contributed by atoms with Crippen molar-refractivity contribution in [3.05, 3.63) is 48.3 Å². The van der Waals surface area contributed by atoms with Gasteiger partial charge in [-0.15, -0.1) is 0 Å². The number of methoxy groups -OCH3 is 1. The molecule has 0 aliphatic rings. The zero-order chi connectivity index (χ0) is 21.9. The number of nitrogens with one attached hydrogen (secondary N) is 1. The first kappa shape index (κ1) is 21.8. The first-order valence-corrected chi connectivity index (χ1v) is 11.1. The highest BCUT2D eigenvalue weighted by atomic mass is 32.2. The van der Waals surface area contributed by atoms with Crippen LogP contribution in [0.4, 0.5) is 5.69 Å². The Balaban J connectivity index is 1.81. The molecule has 3 aromatic rings. The second-order valence-electron chi connectivity index (χ2n) is 6.96. The maximum Gasteiger partial charge on any atom is 0.242 e. The zero-order valence-corrected chi connectivity index (χ0v) is 18.4. The minimum Gasteiger partial charge on any atom is -0.495 e. The molecule has 8 nitrogen and oxygen atoms in total. The minimum absolute atomic E-state index is 0.148. The fraction of sp³-hybridized carbons (Fsp3) is 0.333. The van der Waals surface area contributed by atoms with Crippen LogP contribution in [0.2, 0.25) is 0 Å². The van der Waals surface area contributed by atoms with Gasteiger partial charge in [-0.3, -0.25) is 4.79 Å². The third-order valence-corrected chi connectivity index (χ3v) is 6.66. The average molecular weight is 431 g/mol. The van der Waals surface area contributed by atoms with E-state index in [4.69, 9.17) is 4.74 Å². The molecule has 0 bridgehead atoms. The van der Waals surface area contributed by atoms with Crippen LogP contribution in [-0.4, -0.2) is 49.4 Å². The Morgan fingerprint density at radius 1 is 1.20 bits per heavy atom. The molecule has 0 aliphatic carbocycles. The van der Waals surface area contributed by atoms with Crippen molar-refractivity contribution in [2.24, 2.45) is 0 Å². The molecule has 2 aromatic carbocycles. The highest BCUT2D eigenvalue weighted by Crippen LogP contribution is 2.24. The number of imidazole rings is 1. The summed E-state index contributed by atoms with van der Waals surface area (Å²) in [6, 6.07) is 12.2. The van der Waals surface area contributed by atoms with Crippen LogP contribution in [0.15, 0.2) is 47.4 Å². The molecule has 1 heterocycles. The van der Waals surface area contributed by atoms with Crippen molar-refractivity contribution in [1.29, 1.82) is 0 Å². The number of carbonyl (C=O) groups excluding carboxylic acids is 1. The van der Waals surface area contributed by atoms with Crippen LogP contribution in [0.1, 0.15) is 19.2 Å². The van der Waals surface area contributed by atoms with Crippen molar-refractivity contribution < 1.29 is 17.9 Å². The molecule has 1 amide bonds. The lowest BCUT2D eigenvalue weighted by Crippen LogP contribution is -2.22. The molecule has 1 aromatic heterocycles. The Hall–Kier alpha value is -2.91. The molecule has 160 valence electrons. The lowest BCUT2D eigenvalue weighted by molar-refractivity contribution is -0.116.